The van der Waals surface area contributed by atoms with Crippen LogP contribution in [0.1, 0.15) is 32.6 Å². The molecule has 2 N–H and O–H groups in total. The molecule has 1 aromatic carbocycles. The number of hydrogen-bond acceptors (Lipinski definition) is 2. The molecule has 0 bridgehead atoms. The zero-order chi connectivity index (χ0) is 12.3. The van der Waals surface area contributed by atoms with Gasteiger partial charge in [0.05, 0.1) is 12.1 Å². The summed E-state index contributed by atoms with van der Waals surface area (Å²) in [4.78, 5) is 0. The maximum absolute atomic E-state index is 9.67. The molecule has 2 rings (SSSR count). The molecule has 0 spiro atoms. The van der Waals surface area contributed by atoms with Crippen LogP contribution in [0.15, 0.2) is 28.7 Å². The first-order chi connectivity index (χ1) is 8.13. The van der Waals surface area contributed by atoms with E-state index in [0.717, 1.165) is 28.9 Å². The lowest BCUT2D eigenvalue weighted by molar-refractivity contribution is 0.155. The van der Waals surface area contributed by atoms with E-state index in [1.54, 1.807) is 0 Å². The van der Waals surface area contributed by atoms with Gasteiger partial charge in [0.1, 0.15) is 0 Å². The maximum Gasteiger partial charge on any atom is 0.0661 e. The summed E-state index contributed by atoms with van der Waals surface area (Å²) in [7, 11) is 0. The number of hydrogen-bond donors (Lipinski definition) is 2. The van der Waals surface area contributed by atoms with Crippen LogP contribution in [-0.2, 0) is 0 Å². The second kappa shape index (κ2) is 5.40. The topological polar surface area (TPSA) is 32.3 Å². The second-order valence-corrected chi connectivity index (χ2v) is 6.17. The Kier molecular flexibility index (Phi) is 4.10. The molecule has 1 saturated carbocycles. The Labute approximate surface area is 112 Å². The summed E-state index contributed by atoms with van der Waals surface area (Å²) >= 11 is 3.43. The summed E-state index contributed by atoms with van der Waals surface area (Å²) < 4.78 is 1.08. The van der Waals surface area contributed by atoms with E-state index < -0.39 is 0 Å². The van der Waals surface area contributed by atoms with Crippen molar-refractivity contribution in [3.05, 3.63) is 28.7 Å². The largest absolute Gasteiger partial charge is 0.394 e. The molecule has 0 aromatic heterocycles. The van der Waals surface area contributed by atoms with Crippen molar-refractivity contribution in [1.82, 2.24) is 0 Å². The quantitative estimate of drug-likeness (QED) is 0.889. The third kappa shape index (κ3) is 3.23. The number of benzene rings is 1. The third-order valence-corrected chi connectivity index (χ3v) is 4.32. The Hall–Kier alpha value is -0.540. The van der Waals surface area contributed by atoms with Gasteiger partial charge in [-0.05, 0) is 55.9 Å². The predicted octanol–water partition coefficient (Wildman–Crippen LogP) is 3.80. The highest BCUT2D eigenvalue weighted by molar-refractivity contribution is 9.10. The molecule has 3 heteroatoms. The van der Waals surface area contributed by atoms with Gasteiger partial charge in [-0.3, -0.25) is 0 Å². The Morgan fingerprint density at radius 3 is 2.41 bits per heavy atom. The van der Waals surface area contributed by atoms with Crippen molar-refractivity contribution in [2.45, 2.75) is 38.1 Å². The summed E-state index contributed by atoms with van der Waals surface area (Å²) in [6, 6.07) is 8.16. The number of aliphatic hydroxyl groups is 1. The maximum atomic E-state index is 9.67. The molecule has 2 nitrogen and oxygen atoms in total. The monoisotopic (exact) mass is 297 g/mol. The summed E-state index contributed by atoms with van der Waals surface area (Å²) in [5.41, 5.74) is 0.983. The summed E-state index contributed by atoms with van der Waals surface area (Å²) in [5, 5.41) is 13.2. The van der Waals surface area contributed by atoms with Gasteiger partial charge in [-0.2, -0.15) is 0 Å². The average Bonchev–Trinajstić information content (AvgIpc) is 2.35. The molecular formula is C14H20BrNO. The molecule has 1 aromatic rings. The van der Waals surface area contributed by atoms with E-state index in [1.165, 1.54) is 12.8 Å². The van der Waals surface area contributed by atoms with Gasteiger partial charge in [-0.15, -0.1) is 0 Å². The first kappa shape index (κ1) is 12.9. The number of halogens is 1. The van der Waals surface area contributed by atoms with Gasteiger partial charge < -0.3 is 10.4 Å². The Balaban J connectivity index is 2.06. The zero-order valence-electron chi connectivity index (χ0n) is 10.2. The van der Waals surface area contributed by atoms with Crippen LogP contribution in [-0.4, -0.2) is 17.3 Å². The molecule has 17 heavy (non-hydrogen) atoms. The fourth-order valence-electron chi connectivity index (χ4n) is 2.48. The third-order valence-electron chi connectivity index (χ3n) is 3.79. The van der Waals surface area contributed by atoms with Gasteiger partial charge in [0, 0.05) is 10.2 Å². The minimum Gasteiger partial charge on any atom is -0.394 e. The highest BCUT2D eigenvalue weighted by Crippen LogP contribution is 2.34. The number of rotatable bonds is 3. The molecule has 0 heterocycles. The summed E-state index contributed by atoms with van der Waals surface area (Å²) in [6.45, 7) is 2.51. The molecule has 1 aliphatic rings. The predicted molar refractivity (Wildman–Crippen MR) is 75.2 cm³/mol. The lowest BCUT2D eigenvalue weighted by Gasteiger charge is -2.39. The minimum absolute atomic E-state index is 0.111. The Bertz CT molecular complexity index is 355. The summed E-state index contributed by atoms with van der Waals surface area (Å²) in [6.07, 6.45) is 4.51. The minimum atomic E-state index is -0.111. The fourth-order valence-corrected chi connectivity index (χ4v) is 2.74. The van der Waals surface area contributed by atoms with Gasteiger partial charge in [-0.1, -0.05) is 22.9 Å². The van der Waals surface area contributed by atoms with E-state index in [-0.39, 0.29) is 12.1 Å². The van der Waals surface area contributed by atoms with Gasteiger partial charge in [0.15, 0.2) is 0 Å². The lowest BCUT2D eigenvalue weighted by Crippen LogP contribution is -2.45. The number of anilines is 1. The van der Waals surface area contributed by atoms with Gasteiger partial charge in [0.2, 0.25) is 0 Å². The molecule has 0 radical (unpaired) electrons. The van der Waals surface area contributed by atoms with E-state index in [9.17, 15) is 5.11 Å². The van der Waals surface area contributed by atoms with E-state index in [4.69, 9.17) is 0 Å². The highest BCUT2D eigenvalue weighted by atomic mass is 79.9. The van der Waals surface area contributed by atoms with E-state index >= 15 is 0 Å². The van der Waals surface area contributed by atoms with Gasteiger partial charge >= 0.3 is 0 Å². The number of nitrogens with one attached hydrogen (secondary N) is 1. The van der Waals surface area contributed by atoms with Crippen LogP contribution in [0.5, 0.6) is 0 Å². The van der Waals surface area contributed by atoms with E-state index in [1.807, 2.05) is 12.1 Å². The molecule has 1 fully saturated rings. The average molecular weight is 298 g/mol. The second-order valence-electron chi connectivity index (χ2n) is 5.25. The van der Waals surface area contributed by atoms with Crippen LogP contribution in [0.2, 0.25) is 0 Å². The van der Waals surface area contributed by atoms with Gasteiger partial charge in [0.25, 0.3) is 0 Å². The molecule has 0 amide bonds. The summed E-state index contributed by atoms with van der Waals surface area (Å²) in [5.74, 6) is 0.793. The molecule has 0 unspecified atom stereocenters. The molecule has 1 aliphatic carbocycles. The zero-order valence-corrected chi connectivity index (χ0v) is 11.8. The van der Waals surface area contributed by atoms with Crippen LogP contribution in [0.25, 0.3) is 0 Å². The van der Waals surface area contributed by atoms with Crippen molar-refractivity contribution in [1.29, 1.82) is 0 Å². The van der Waals surface area contributed by atoms with Crippen LogP contribution in [0.3, 0.4) is 0 Å². The Morgan fingerprint density at radius 2 is 1.88 bits per heavy atom. The standard InChI is InChI=1S/C14H20BrNO/c1-11-6-8-14(10-17,9-7-11)16-13-4-2-12(15)3-5-13/h2-5,11,16-17H,6-10H2,1H3. The highest BCUT2D eigenvalue weighted by Gasteiger charge is 2.33. The first-order valence-electron chi connectivity index (χ1n) is 6.28. The molecule has 0 saturated heterocycles. The smallest absolute Gasteiger partial charge is 0.0661 e. The normalized spacial score (nSPS) is 29.0. The number of aliphatic hydroxyl groups excluding tert-OH is 1. The SMILES string of the molecule is CC1CCC(CO)(Nc2ccc(Br)cc2)CC1. The lowest BCUT2D eigenvalue weighted by atomic mass is 9.77. The van der Waals surface area contributed by atoms with Gasteiger partial charge in [-0.25, -0.2) is 0 Å². The molecule has 94 valence electrons. The van der Waals surface area contributed by atoms with Crippen LogP contribution < -0.4 is 5.32 Å². The fraction of sp³-hybridized carbons (Fsp3) is 0.571. The van der Waals surface area contributed by atoms with Crippen LogP contribution >= 0.6 is 15.9 Å². The molecule has 0 atom stereocenters. The molecular weight excluding hydrogens is 278 g/mol. The van der Waals surface area contributed by atoms with Crippen LogP contribution in [0, 0.1) is 5.92 Å². The Morgan fingerprint density at radius 1 is 1.29 bits per heavy atom. The van der Waals surface area contributed by atoms with Crippen molar-refractivity contribution in [2.24, 2.45) is 5.92 Å². The van der Waals surface area contributed by atoms with Crippen molar-refractivity contribution >= 4 is 21.6 Å². The van der Waals surface area contributed by atoms with E-state index in [0.29, 0.717) is 0 Å². The van der Waals surface area contributed by atoms with Crippen LogP contribution in [0.4, 0.5) is 5.69 Å². The molecule has 0 aliphatic heterocycles. The van der Waals surface area contributed by atoms with Crippen molar-refractivity contribution in [3.63, 3.8) is 0 Å². The first-order valence-corrected chi connectivity index (χ1v) is 7.07. The van der Waals surface area contributed by atoms with Crippen molar-refractivity contribution < 1.29 is 5.11 Å². The van der Waals surface area contributed by atoms with Crippen molar-refractivity contribution in [2.75, 3.05) is 11.9 Å². The van der Waals surface area contributed by atoms with Crippen molar-refractivity contribution in [3.8, 4) is 0 Å². The van der Waals surface area contributed by atoms with E-state index in [2.05, 4.69) is 40.3 Å².